The lowest BCUT2D eigenvalue weighted by Crippen LogP contribution is -2.23. The first-order valence-corrected chi connectivity index (χ1v) is 3.63. The van der Waals surface area contributed by atoms with Gasteiger partial charge in [-0.3, -0.25) is 10.2 Å². The van der Waals surface area contributed by atoms with E-state index in [1.807, 2.05) is 0 Å². The monoisotopic (exact) mass is 178 g/mol. The molecule has 13 heavy (non-hydrogen) atoms. The summed E-state index contributed by atoms with van der Waals surface area (Å²) >= 11 is 0. The fraction of sp³-hybridized carbons (Fsp3) is 0.143. The van der Waals surface area contributed by atoms with Gasteiger partial charge in [-0.1, -0.05) is 0 Å². The van der Waals surface area contributed by atoms with E-state index >= 15 is 0 Å². The highest BCUT2D eigenvalue weighted by Crippen LogP contribution is 2.01. The second-order valence-corrected chi connectivity index (χ2v) is 2.29. The van der Waals surface area contributed by atoms with Crippen LogP contribution in [0.5, 0.6) is 0 Å². The fourth-order valence-electron chi connectivity index (χ4n) is 0.866. The van der Waals surface area contributed by atoms with Gasteiger partial charge in [-0.25, -0.2) is 9.97 Å². The third-order valence-corrected chi connectivity index (χ3v) is 1.41. The number of nitrogens with zero attached hydrogens (tertiary/aromatic N) is 3. The second-order valence-electron chi connectivity index (χ2n) is 2.29. The smallest absolute Gasteiger partial charge is 0.278 e. The van der Waals surface area contributed by atoms with E-state index in [2.05, 4.69) is 20.5 Å². The third kappa shape index (κ3) is 1.46. The summed E-state index contributed by atoms with van der Waals surface area (Å²) in [5.74, 6) is 0.594. The van der Waals surface area contributed by atoms with Gasteiger partial charge in [0.25, 0.3) is 5.90 Å². The molecule has 6 heteroatoms. The standard InChI is InChI=1S/C7H6N4O2/c12-4-5-10-11-7(13-5)6-8-2-1-3-9-6/h1-5,10H. The first-order valence-electron chi connectivity index (χ1n) is 3.63. The molecule has 0 aliphatic carbocycles. The topological polar surface area (TPSA) is 76.5 Å². The van der Waals surface area contributed by atoms with Crippen LogP contribution in [-0.4, -0.2) is 28.4 Å². The Bertz CT molecular complexity index is 338. The molecule has 2 rings (SSSR count). The molecule has 2 heterocycles. The molecular weight excluding hydrogens is 172 g/mol. The Labute approximate surface area is 73.7 Å². The minimum Gasteiger partial charge on any atom is -0.441 e. The number of aldehydes is 1. The average Bonchev–Trinajstić information content (AvgIpc) is 2.67. The zero-order chi connectivity index (χ0) is 9.10. The minimum atomic E-state index is -0.723. The molecule has 0 saturated carbocycles. The predicted molar refractivity (Wildman–Crippen MR) is 42.6 cm³/mol. The Morgan fingerprint density at radius 3 is 2.85 bits per heavy atom. The predicted octanol–water partition coefficient (Wildman–Crippen LogP) is -0.717. The van der Waals surface area contributed by atoms with Crippen molar-refractivity contribution in [1.29, 1.82) is 0 Å². The molecule has 0 amide bonds. The molecule has 1 aliphatic heterocycles. The molecular formula is C7H6N4O2. The summed E-state index contributed by atoms with van der Waals surface area (Å²) in [6, 6.07) is 1.68. The molecule has 66 valence electrons. The molecule has 0 aromatic carbocycles. The summed E-state index contributed by atoms with van der Waals surface area (Å²) in [4.78, 5) is 18.1. The van der Waals surface area contributed by atoms with Crippen LogP contribution in [0.4, 0.5) is 0 Å². The van der Waals surface area contributed by atoms with Crippen LogP contribution in [0, 0.1) is 0 Å². The van der Waals surface area contributed by atoms with Gasteiger partial charge in [0.15, 0.2) is 6.29 Å². The lowest BCUT2D eigenvalue weighted by atomic mass is 10.5. The third-order valence-electron chi connectivity index (χ3n) is 1.41. The molecule has 0 saturated heterocycles. The van der Waals surface area contributed by atoms with Crippen molar-refractivity contribution in [2.24, 2.45) is 5.10 Å². The van der Waals surface area contributed by atoms with Gasteiger partial charge in [-0.05, 0) is 6.07 Å². The molecule has 1 aromatic rings. The number of ether oxygens (including phenoxy) is 1. The molecule has 1 aromatic heterocycles. The van der Waals surface area contributed by atoms with Gasteiger partial charge in [0.05, 0.1) is 0 Å². The quantitative estimate of drug-likeness (QED) is 0.605. The van der Waals surface area contributed by atoms with E-state index in [9.17, 15) is 4.79 Å². The maximum absolute atomic E-state index is 10.3. The molecule has 1 N–H and O–H groups in total. The van der Waals surface area contributed by atoms with Crippen molar-refractivity contribution in [1.82, 2.24) is 15.4 Å². The molecule has 1 unspecified atom stereocenters. The zero-order valence-electron chi connectivity index (χ0n) is 6.54. The zero-order valence-corrected chi connectivity index (χ0v) is 6.54. The number of carbonyl (C=O) groups is 1. The molecule has 6 nitrogen and oxygen atoms in total. The van der Waals surface area contributed by atoms with Gasteiger partial charge in [0.1, 0.15) is 0 Å². The van der Waals surface area contributed by atoms with Gasteiger partial charge >= 0.3 is 0 Å². The summed E-state index contributed by atoms with van der Waals surface area (Å²) in [5, 5.41) is 3.75. The van der Waals surface area contributed by atoms with Crippen molar-refractivity contribution in [3.05, 3.63) is 24.3 Å². The van der Waals surface area contributed by atoms with Crippen molar-refractivity contribution >= 4 is 12.2 Å². The van der Waals surface area contributed by atoms with E-state index in [-0.39, 0.29) is 5.90 Å². The summed E-state index contributed by atoms with van der Waals surface area (Å²) in [5.41, 5.74) is 2.47. The van der Waals surface area contributed by atoms with Crippen LogP contribution in [0.1, 0.15) is 5.82 Å². The van der Waals surface area contributed by atoms with Crippen molar-refractivity contribution in [2.45, 2.75) is 6.23 Å². The van der Waals surface area contributed by atoms with Gasteiger partial charge < -0.3 is 4.74 Å². The molecule has 0 radical (unpaired) electrons. The number of hydrogen-bond acceptors (Lipinski definition) is 6. The molecule has 1 atom stereocenters. The minimum absolute atomic E-state index is 0.234. The first kappa shape index (κ1) is 7.66. The van der Waals surface area contributed by atoms with Gasteiger partial charge in [-0.15, -0.1) is 5.10 Å². The highest BCUT2D eigenvalue weighted by atomic mass is 16.5. The van der Waals surface area contributed by atoms with E-state index < -0.39 is 6.23 Å². The van der Waals surface area contributed by atoms with Crippen molar-refractivity contribution < 1.29 is 9.53 Å². The van der Waals surface area contributed by atoms with Gasteiger partial charge in [0, 0.05) is 12.4 Å². The maximum atomic E-state index is 10.3. The van der Waals surface area contributed by atoms with Crippen molar-refractivity contribution in [2.75, 3.05) is 0 Å². The Morgan fingerprint density at radius 1 is 1.46 bits per heavy atom. The fourth-order valence-corrected chi connectivity index (χ4v) is 0.866. The lowest BCUT2D eigenvalue weighted by Gasteiger charge is -2.01. The lowest BCUT2D eigenvalue weighted by molar-refractivity contribution is -0.114. The van der Waals surface area contributed by atoms with E-state index in [1.165, 1.54) is 0 Å². The van der Waals surface area contributed by atoms with Crippen LogP contribution in [-0.2, 0) is 9.53 Å². The van der Waals surface area contributed by atoms with E-state index in [1.54, 1.807) is 18.5 Å². The summed E-state index contributed by atoms with van der Waals surface area (Å²) in [7, 11) is 0. The van der Waals surface area contributed by atoms with Crippen molar-refractivity contribution in [3.8, 4) is 0 Å². The Morgan fingerprint density at radius 2 is 2.23 bits per heavy atom. The number of hydrazone groups is 1. The normalized spacial score (nSPS) is 20.0. The van der Waals surface area contributed by atoms with Crippen LogP contribution in [0.2, 0.25) is 0 Å². The number of hydrogen-bond donors (Lipinski definition) is 1. The van der Waals surface area contributed by atoms with Gasteiger partial charge in [-0.2, -0.15) is 0 Å². The van der Waals surface area contributed by atoms with Crippen LogP contribution in [0.3, 0.4) is 0 Å². The van der Waals surface area contributed by atoms with Gasteiger partial charge in [0.2, 0.25) is 12.1 Å². The van der Waals surface area contributed by atoms with Crippen molar-refractivity contribution in [3.63, 3.8) is 0 Å². The number of carbonyl (C=O) groups excluding carboxylic acids is 1. The summed E-state index contributed by atoms with van der Waals surface area (Å²) < 4.78 is 5.04. The SMILES string of the molecule is O=CC1NN=C(c2ncccn2)O1. The van der Waals surface area contributed by atoms with Crippen LogP contribution in [0.25, 0.3) is 0 Å². The molecule has 0 fully saturated rings. The van der Waals surface area contributed by atoms with E-state index in [0.717, 1.165) is 0 Å². The number of nitrogens with one attached hydrogen (secondary N) is 1. The Kier molecular flexibility index (Phi) is 1.87. The highest BCUT2D eigenvalue weighted by Gasteiger charge is 2.20. The first-order chi connectivity index (χ1) is 6.40. The molecule has 0 bridgehead atoms. The second kappa shape index (κ2) is 3.18. The van der Waals surface area contributed by atoms with Crippen LogP contribution in [0.15, 0.2) is 23.6 Å². The van der Waals surface area contributed by atoms with Crippen LogP contribution < -0.4 is 5.43 Å². The average molecular weight is 178 g/mol. The summed E-state index contributed by atoms with van der Waals surface area (Å²) in [6.45, 7) is 0. The molecule has 1 aliphatic rings. The maximum Gasteiger partial charge on any atom is 0.278 e. The summed E-state index contributed by atoms with van der Waals surface area (Å²) in [6.07, 6.45) is 3.03. The highest BCUT2D eigenvalue weighted by molar-refractivity contribution is 5.92. The Hall–Kier alpha value is -1.98. The van der Waals surface area contributed by atoms with Crippen LogP contribution >= 0.6 is 0 Å². The largest absolute Gasteiger partial charge is 0.441 e. The number of aromatic nitrogens is 2. The number of rotatable bonds is 2. The van der Waals surface area contributed by atoms with E-state index in [0.29, 0.717) is 12.1 Å². The van der Waals surface area contributed by atoms with E-state index in [4.69, 9.17) is 4.74 Å². The molecule has 0 spiro atoms. The Balaban J connectivity index is 2.17.